The normalized spacial score (nSPS) is 10.5. The molecule has 4 nitrogen and oxygen atoms in total. The first-order chi connectivity index (χ1) is 10.1. The third kappa shape index (κ3) is 7.02. The first-order valence-corrected chi connectivity index (χ1v) is 7.89. The Balaban J connectivity index is 2.03. The van der Waals surface area contributed by atoms with Crippen LogP contribution in [0.4, 0.5) is 5.69 Å². The summed E-state index contributed by atoms with van der Waals surface area (Å²) in [7, 11) is 1.75. The van der Waals surface area contributed by atoms with Crippen LogP contribution in [0.2, 0.25) is 0 Å². The van der Waals surface area contributed by atoms with E-state index < -0.39 is 5.97 Å². The van der Waals surface area contributed by atoms with E-state index in [9.17, 15) is 4.79 Å². The Kier molecular flexibility index (Phi) is 8.32. The second-order valence-corrected chi connectivity index (χ2v) is 5.51. The van der Waals surface area contributed by atoms with Gasteiger partial charge in [0.25, 0.3) is 0 Å². The largest absolute Gasteiger partial charge is 0.477 e. The molecule has 1 aromatic heterocycles. The maximum absolute atomic E-state index is 10.9. The van der Waals surface area contributed by atoms with Crippen molar-refractivity contribution >= 4 is 11.7 Å². The monoisotopic (exact) mass is 292 g/mol. The molecule has 21 heavy (non-hydrogen) atoms. The van der Waals surface area contributed by atoms with Gasteiger partial charge < -0.3 is 15.0 Å². The molecule has 0 saturated carbocycles. The number of carboxylic acids is 1. The lowest BCUT2D eigenvalue weighted by molar-refractivity contribution is 0.0686. The van der Waals surface area contributed by atoms with E-state index in [0.717, 1.165) is 25.1 Å². The number of allylic oxidation sites excluding steroid dienone is 1. The van der Waals surface area contributed by atoms with Gasteiger partial charge in [-0.15, -0.1) is 6.58 Å². The Morgan fingerprint density at radius 1 is 1.24 bits per heavy atom. The number of anilines is 1. The van der Waals surface area contributed by atoms with Crippen LogP contribution in [-0.2, 0) is 7.05 Å². The number of nitrogens with one attached hydrogen (secondary N) is 1. The van der Waals surface area contributed by atoms with E-state index >= 15 is 0 Å². The van der Waals surface area contributed by atoms with Crippen molar-refractivity contribution in [3.63, 3.8) is 0 Å². The summed E-state index contributed by atoms with van der Waals surface area (Å²) in [5.41, 5.74) is 1.20. The van der Waals surface area contributed by atoms with E-state index in [1.54, 1.807) is 17.7 Å². The lowest BCUT2D eigenvalue weighted by Gasteiger charge is -2.04. The zero-order valence-corrected chi connectivity index (χ0v) is 13.1. The van der Waals surface area contributed by atoms with Crippen LogP contribution in [0, 0.1) is 0 Å². The van der Waals surface area contributed by atoms with Crippen molar-refractivity contribution in [2.24, 2.45) is 7.05 Å². The number of nitrogens with zero attached hydrogens (tertiary/aromatic N) is 1. The third-order valence-corrected chi connectivity index (χ3v) is 3.64. The van der Waals surface area contributed by atoms with Crippen molar-refractivity contribution in [3.05, 3.63) is 30.6 Å². The number of aromatic nitrogens is 1. The number of carbonyl (C=O) groups is 1. The summed E-state index contributed by atoms with van der Waals surface area (Å²) in [6.07, 6.45) is 13.8. The quantitative estimate of drug-likeness (QED) is 0.442. The van der Waals surface area contributed by atoms with Crippen LogP contribution in [0.1, 0.15) is 61.9 Å². The lowest BCUT2D eigenvalue weighted by Crippen LogP contribution is -2.02. The number of hydrogen-bond donors (Lipinski definition) is 2. The Bertz CT molecular complexity index is 438. The predicted molar refractivity (Wildman–Crippen MR) is 88.0 cm³/mol. The molecule has 4 heteroatoms. The van der Waals surface area contributed by atoms with Crippen LogP contribution >= 0.6 is 0 Å². The van der Waals surface area contributed by atoms with Crippen LogP contribution in [0.5, 0.6) is 0 Å². The van der Waals surface area contributed by atoms with Crippen molar-refractivity contribution < 1.29 is 9.90 Å². The van der Waals surface area contributed by atoms with E-state index in [-0.39, 0.29) is 0 Å². The number of aromatic carboxylic acids is 1. The molecule has 1 rings (SSSR count). The third-order valence-electron chi connectivity index (χ3n) is 3.64. The van der Waals surface area contributed by atoms with Crippen LogP contribution in [0.15, 0.2) is 24.9 Å². The van der Waals surface area contributed by atoms with Gasteiger partial charge >= 0.3 is 5.97 Å². The van der Waals surface area contributed by atoms with Gasteiger partial charge in [-0.25, -0.2) is 4.79 Å². The maximum atomic E-state index is 10.9. The van der Waals surface area contributed by atoms with E-state index in [0.29, 0.717) is 5.69 Å². The second kappa shape index (κ2) is 10.1. The first kappa shape index (κ1) is 17.3. The van der Waals surface area contributed by atoms with Crippen molar-refractivity contribution in [3.8, 4) is 0 Å². The molecule has 0 amide bonds. The van der Waals surface area contributed by atoms with Crippen molar-refractivity contribution in [1.29, 1.82) is 0 Å². The highest BCUT2D eigenvalue weighted by atomic mass is 16.4. The molecule has 1 aromatic rings. The predicted octanol–water partition coefficient (Wildman–Crippen LogP) is 4.44. The number of carboxylic acid groups (broad SMARTS) is 1. The van der Waals surface area contributed by atoms with Crippen LogP contribution < -0.4 is 5.32 Å². The SMILES string of the molecule is C=CCCCCCCCCCNc1cc(C(=O)O)n(C)c1. The molecule has 0 saturated heterocycles. The fourth-order valence-corrected chi connectivity index (χ4v) is 2.40. The summed E-state index contributed by atoms with van der Waals surface area (Å²) in [5.74, 6) is -0.887. The molecule has 0 spiro atoms. The number of aryl methyl sites for hydroxylation is 1. The van der Waals surface area contributed by atoms with Gasteiger partial charge in [-0.3, -0.25) is 0 Å². The zero-order valence-electron chi connectivity index (χ0n) is 13.1. The molecule has 0 fully saturated rings. The fourth-order valence-electron chi connectivity index (χ4n) is 2.40. The van der Waals surface area contributed by atoms with Crippen molar-refractivity contribution in [1.82, 2.24) is 4.57 Å². The van der Waals surface area contributed by atoms with Gasteiger partial charge in [0.2, 0.25) is 0 Å². The summed E-state index contributed by atoms with van der Waals surface area (Å²) in [6, 6.07) is 1.68. The first-order valence-electron chi connectivity index (χ1n) is 7.89. The number of unbranched alkanes of at least 4 members (excludes halogenated alkanes) is 7. The lowest BCUT2D eigenvalue weighted by atomic mass is 10.1. The molecule has 0 bridgehead atoms. The molecule has 0 radical (unpaired) electrons. The molecule has 1 heterocycles. The van der Waals surface area contributed by atoms with Crippen molar-refractivity contribution in [2.45, 2.75) is 51.4 Å². The maximum Gasteiger partial charge on any atom is 0.352 e. The van der Waals surface area contributed by atoms with Gasteiger partial charge in [-0.1, -0.05) is 38.2 Å². The molecular weight excluding hydrogens is 264 g/mol. The van der Waals surface area contributed by atoms with Crippen LogP contribution in [0.3, 0.4) is 0 Å². The molecule has 0 aliphatic carbocycles. The Labute approximate surface area is 127 Å². The average Bonchev–Trinajstić information content (AvgIpc) is 2.82. The summed E-state index contributed by atoms with van der Waals surface area (Å²) in [6.45, 7) is 4.63. The van der Waals surface area contributed by atoms with Crippen LogP contribution in [-0.4, -0.2) is 22.2 Å². The van der Waals surface area contributed by atoms with E-state index in [1.807, 2.05) is 12.3 Å². The van der Waals surface area contributed by atoms with Gasteiger partial charge in [0, 0.05) is 19.8 Å². The molecule has 0 atom stereocenters. The van der Waals surface area contributed by atoms with E-state index in [2.05, 4.69) is 11.9 Å². The Morgan fingerprint density at radius 2 is 1.86 bits per heavy atom. The molecule has 0 aliphatic rings. The molecular formula is C17H28N2O2. The number of rotatable bonds is 12. The van der Waals surface area contributed by atoms with Gasteiger partial charge in [-0.05, 0) is 25.3 Å². The smallest absolute Gasteiger partial charge is 0.352 e. The highest BCUT2D eigenvalue weighted by molar-refractivity contribution is 5.87. The minimum Gasteiger partial charge on any atom is -0.477 e. The van der Waals surface area contributed by atoms with Gasteiger partial charge in [0.05, 0.1) is 5.69 Å². The average molecular weight is 292 g/mol. The van der Waals surface area contributed by atoms with Crippen molar-refractivity contribution in [2.75, 3.05) is 11.9 Å². The highest BCUT2D eigenvalue weighted by Crippen LogP contribution is 2.13. The molecule has 0 aromatic carbocycles. The summed E-state index contributed by atoms with van der Waals surface area (Å²) < 4.78 is 1.63. The van der Waals surface area contributed by atoms with Gasteiger partial charge in [-0.2, -0.15) is 0 Å². The van der Waals surface area contributed by atoms with E-state index in [1.165, 1.54) is 38.5 Å². The topological polar surface area (TPSA) is 54.3 Å². The summed E-state index contributed by atoms with van der Waals surface area (Å²) in [4.78, 5) is 10.9. The summed E-state index contributed by atoms with van der Waals surface area (Å²) in [5, 5.41) is 12.3. The van der Waals surface area contributed by atoms with E-state index in [4.69, 9.17) is 5.11 Å². The van der Waals surface area contributed by atoms with Gasteiger partial charge in [0.1, 0.15) is 5.69 Å². The summed E-state index contributed by atoms with van der Waals surface area (Å²) >= 11 is 0. The molecule has 0 aliphatic heterocycles. The highest BCUT2D eigenvalue weighted by Gasteiger charge is 2.09. The second-order valence-electron chi connectivity index (χ2n) is 5.51. The fraction of sp³-hybridized carbons (Fsp3) is 0.588. The molecule has 118 valence electrons. The van der Waals surface area contributed by atoms with Crippen LogP contribution in [0.25, 0.3) is 0 Å². The number of hydrogen-bond acceptors (Lipinski definition) is 2. The minimum absolute atomic E-state index is 0.317. The minimum atomic E-state index is -0.887. The standard InChI is InChI=1S/C17H28N2O2/c1-3-4-5-6-7-8-9-10-11-12-18-15-13-16(17(20)21)19(2)14-15/h3,13-14,18H,1,4-12H2,2H3,(H,20,21). The zero-order chi connectivity index (χ0) is 15.5. The molecule has 0 unspecified atom stereocenters. The van der Waals surface area contributed by atoms with Gasteiger partial charge in [0.15, 0.2) is 0 Å². The Morgan fingerprint density at radius 3 is 2.43 bits per heavy atom. The Hall–Kier alpha value is -1.71. The molecule has 2 N–H and O–H groups in total.